The van der Waals surface area contributed by atoms with Crippen molar-refractivity contribution >= 4 is 11.6 Å². The summed E-state index contributed by atoms with van der Waals surface area (Å²) in [6, 6.07) is 3.58. The lowest BCUT2D eigenvalue weighted by Crippen LogP contribution is -2.30. The lowest BCUT2D eigenvalue weighted by atomic mass is 9.96. The molecule has 1 aliphatic heterocycles. The van der Waals surface area contributed by atoms with E-state index in [0.29, 0.717) is 17.9 Å². The monoisotopic (exact) mass is 236 g/mol. The van der Waals surface area contributed by atoms with Gasteiger partial charge in [0.15, 0.2) is 0 Å². The van der Waals surface area contributed by atoms with Gasteiger partial charge in [-0.2, -0.15) is 0 Å². The van der Waals surface area contributed by atoms with Gasteiger partial charge in [-0.1, -0.05) is 0 Å². The van der Waals surface area contributed by atoms with Gasteiger partial charge < -0.3 is 20.1 Å². The molecule has 1 aliphatic rings. The number of benzene rings is 1. The van der Waals surface area contributed by atoms with Gasteiger partial charge in [0.2, 0.25) is 5.91 Å². The average molecular weight is 236 g/mol. The molecule has 0 fully saturated rings. The maximum absolute atomic E-state index is 11.6. The average Bonchev–Trinajstić information content (AvgIpc) is 2.36. The predicted molar refractivity (Wildman–Crippen MR) is 64.6 cm³/mol. The van der Waals surface area contributed by atoms with Gasteiger partial charge in [0.05, 0.1) is 19.9 Å². The maximum atomic E-state index is 11.6. The van der Waals surface area contributed by atoms with Gasteiger partial charge in [0, 0.05) is 18.0 Å². The topological polar surface area (TPSA) is 59.6 Å². The second-order valence-corrected chi connectivity index (χ2v) is 3.85. The van der Waals surface area contributed by atoms with Crippen molar-refractivity contribution in [2.75, 3.05) is 26.6 Å². The molecule has 2 rings (SSSR count). The molecular formula is C12H16N2O3. The second kappa shape index (κ2) is 4.63. The van der Waals surface area contributed by atoms with Gasteiger partial charge >= 0.3 is 0 Å². The number of hydrogen-bond donors (Lipinski definition) is 2. The van der Waals surface area contributed by atoms with Crippen molar-refractivity contribution < 1.29 is 14.3 Å². The lowest BCUT2D eigenvalue weighted by Gasteiger charge is -2.28. The minimum Gasteiger partial charge on any atom is -0.496 e. The van der Waals surface area contributed by atoms with Crippen molar-refractivity contribution in [1.82, 2.24) is 5.32 Å². The van der Waals surface area contributed by atoms with Crippen molar-refractivity contribution in [1.29, 1.82) is 0 Å². The first-order valence-corrected chi connectivity index (χ1v) is 5.43. The molecule has 0 bridgehead atoms. The Morgan fingerprint density at radius 3 is 2.53 bits per heavy atom. The Balaban J connectivity index is 2.60. The summed E-state index contributed by atoms with van der Waals surface area (Å²) in [5.74, 6) is 1.37. The molecule has 0 aromatic heterocycles. The van der Waals surface area contributed by atoms with Crippen molar-refractivity contribution in [2.24, 2.45) is 0 Å². The van der Waals surface area contributed by atoms with Crippen LogP contribution in [0.1, 0.15) is 18.0 Å². The molecule has 1 atom stereocenters. The van der Waals surface area contributed by atoms with Crippen LogP contribution < -0.4 is 20.1 Å². The van der Waals surface area contributed by atoms with E-state index in [1.54, 1.807) is 20.3 Å². The predicted octanol–water partition coefficient (Wildman–Crippen LogP) is 1.31. The second-order valence-electron chi connectivity index (χ2n) is 3.85. The molecule has 1 aromatic rings. The van der Waals surface area contributed by atoms with Crippen LogP contribution in [0.4, 0.5) is 5.69 Å². The number of amides is 1. The normalized spacial score (nSPS) is 18.3. The van der Waals surface area contributed by atoms with Crippen LogP contribution in [0.5, 0.6) is 11.5 Å². The minimum absolute atomic E-state index is 0.0246. The smallest absolute Gasteiger partial charge is 0.226 e. The highest BCUT2D eigenvalue weighted by atomic mass is 16.5. The first-order chi connectivity index (χ1) is 8.21. The van der Waals surface area contributed by atoms with Gasteiger partial charge in [0.1, 0.15) is 11.5 Å². The Kier molecular flexibility index (Phi) is 3.19. The van der Waals surface area contributed by atoms with Crippen molar-refractivity contribution in [2.45, 2.75) is 12.5 Å². The molecular weight excluding hydrogens is 220 g/mol. The molecule has 0 radical (unpaired) electrons. The molecule has 0 spiro atoms. The summed E-state index contributed by atoms with van der Waals surface area (Å²) in [4.78, 5) is 11.6. The Bertz CT molecular complexity index is 446. The van der Waals surface area contributed by atoms with Gasteiger partial charge in [-0.3, -0.25) is 4.79 Å². The number of fused-ring (bicyclic) bond motifs is 1. The summed E-state index contributed by atoms with van der Waals surface area (Å²) in [5.41, 5.74) is 1.64. The first kappa shape index (κ1) is 11.7. The van der Waals surface area contributed by atoms with Crippen molar-refractivity contribution in [3.05, 3.63) is 17.7 Å². The summed E-state index contributed by atoms with van der Waals surface area (Å²) >= 11 is 0. The van der Waals surface area contributed by atoms with Gasteiger partial charge in [-0.05, 0) is 19.2 Å². The molecule has 1 amide bonds. The SMILES string of the molecule is CNC1CC(=O)Nc2c(OC)ccc(OC)c21. The zero-order valence-electron chi connectivity index (χ0n) is 10.2. The Morgan fingerprint density at radius 1 is 1.29 bits per heavy atom. The number of nitrogens with one attached hydrogen (secondary N) is 2. The third-order valence-electron chi connectivity index (χ3n) is 2.96. The molecule has 1 heterocycles. The number of carbonyl (C=O) groups excluding carboxylic acids is 1. The van der Waals surface area contributed by atoms with E-state index in [1.165, 1.54) is 0 Å². The van der Waals surface area contributed by atoms with E-state index < -0.39 is 0 Å². The number of methoxy groups -OCH3 is 2. The van der Waals surface area contributed by atoms with Crippen LogP contribution in [0.25, 0.3) is 0 Å². The summed E-state index contributed by atoms with van der Waals surface area (Å²) < 4.78 is 10.6. The van der Waals surface area contributed by atoms with E-state index in [4.69, 9.17) is 9.47 Å². The molecule has 2 N–H and O–H groups in total. The van der Waals surface area contributed by atoms with Crippen LogP contribution in [0, 0.1) is 0 Å². The number of hydrogen-bond acceptors (Lipinski definition) is 4. The molecule has 1 unspecified atom stereocenters. The molecule has 0 saturated carbocycles. The van der Waals surface area contributed by atoms with Crippen LogP contribution in [0.15, 0.2) is 12.1 Å². The summed E-state index contributed by atoms with van der Waals surface area (Å²) in [6.45, 7) is 0. The largest absolute Gasteiger partial charge is 0.496 e. The fourth-order valence-corrected chi connectivity index (χ4v) is 2.13. The van der Waals surface area contributed by atoms with E-state index in [2.05, 4.69) is 10.6 Å². The van der Waals surface area contributed by atoms with Crippen LogP contribution in [0.2, 0.25) is 0 Å². The van der Waals surface area contributed by atoms with E-state index in [1.807, 2.05) is 13.1 Å². The third-order valence-corrected chi connectivity index (χ3v) is 2.96. The van der Waals surface area contributed by atoms with E-state index in [0.717, 1.165) is 11.3 Å². The lowest BCUT2D eigenvalue weighted by molar-refractivity contribution is -0.117. The van der Waals surface area contributed by atoms with Gasteiger partial charge in [0.25, 0.3) is 0 Å². The van der Waals surface area contributed by atoms with Crippen LogP contribution in [0.3, 0.4) is 0 Å². The molecule has 0 aliphatic carbocycles. The summed E-state index contributed by atoms with van der Waals surface area (Å²) in [5, 5.41) is 5.95. The van der Waals surface area contributed by atoms with E-state index in [-0.39, 0.29) is 11.9 Å². The third kappa shape index (κ3) is 1.93. The van der Waals surface area contributed by atoms with Gasteiger partial charge in [-0.15, -0.1) is 0 Å². The van der Waals surface area contributed by atoms with Crippen molar-refractivity contribution in [3.63, 3.8) is 0 Å². The number of ether oxygens (including phenoxy) is 2. The van der Waals surface area contributed by atoms with E-state index in [9.17, 15) is 4.79 Å². The Morgan fingerprint density at radius 2 is 1.94 bits per heavy atom. The standard InChI is InChI=1S/C12H16N2O3/c1-13-7-6-10(15)14-12-9(17-3)5-4-8(16-2)11(7)12/h4-5,7,13H,6H2,1-3H3,(H,14,15). The first-order valence-electron chi connectivity index (χ1n) is 5.43. The zero-order chi connectivity index (χ0) is 12.4. The highest BCUT2D eigenvalue weighted by Gasteiger charge is 2.29. The molecule has 17 heavy (non-hydrogen) atoms. The highest BCUT2D eigenvalue weighted by Crippen LogP contribution is 2.42. The highest BCUT2D eigenvalue weighted by molar-refractivity contribution is 5.97. The number of rotatable bonds is 3. The Hall–Kier alpha value is -1.75. The summed E-state index contributed by atoms with van der Waals surface area (Å²) in [7, 11) is 5.02. The molecule has 1 aromatic carbocycles. The van der Waals surface area contributed by atoms with E-state index >= 15 is 0 Å². The van der Waals surface area contributed by atoms with Crippen LogP contribution in [-0.4, -0.2) is 27.2 Å². The quantitative estimate of drug-likeness (QED) is 0.830. The molecule has 5 heteroatoms. The van der Waals surface area contributed by atoms with Gasteiger partial charge in [-0.25, -0.2) is 0 Å². The molecule has 0 saturated heterocycles. The Labute approximate surface area is 100 Å². The van der Waals surface area contributed by atoms with Crippen LogP contribution in [-0.2, 0) is 4.79 Å². The molecule has 5 nitrogen and oxygen atoms in total. The van der Waals surface area contributed by atoms with Crippen LogP contribution >= 0.6 is 0 Å². The fraction of sp³-hybridized carbons (Fsp3) is 0.417. The minimum atomic E-state index is -0.0520. The maximum Gasteiger partial charge on any atom is 0.226 e. The molecule has 92 valence electrons. The number of carbonyl (C=O) groups is 1. The fourth-order valence-electron chi connectivity index (χ4n) is 2.13. The zero-order valence-corrected chi connectivity index (χ0v) is 10.2. The number of anilines is 1. The summed E-state index contributed by atoms with van der Waals surface area (Å²) in [6.07, 6.45) is 0.396. The van der Waals surface area contributed by atoms with Crippen molar-refractivity contribution in [3.8, 4) is 11.5 Å².